The first kappa shape index (κ1) is 53.8. The first-order valence-electron chi connectivity index (χ1n) is 29.8. The third-order valence-corrected chi connectivity index (χ3v) is 21.3. The predicted octanol–water partition coefficient (Wildman–Crippen LogP) is 17.1. The molecule has 10 aromatic carbocycles. The van der Waals surface area contributed by atoms with Crippen LogP contribution in [-0.4, -0.2) is 13.6 Å². The average Bonchev–Trinajstić information content (AvgIpc) is 1.28. The largest absolute Gasteiger partial charge is 0.462 e. The Balaban J connectivity index is 1.07. The fourth-order valence-corrected chi connectivity index (χ4v) is 16.7. The molecule has 6 atom stereocenters. The minimum absolute atomic E-state index is 0.123. The quantitative estimate of drug-likeness (QED) is 0.0977. The van der Waals surface area contributed by atoms with Crippen LogP contribution in [0.25, 0.3) is 0 Å². The number of ether oxygens (including phenoxy) is 4. The van der Waals surface area contributed by atoms with Crippen molar-refractivity contribution in [3.05, 3.63) is 297 Å². The van der Waals surface area contributed by atoms with Crippen LogP contribution in [0.1, 0.15) is 116 Å². The highest BCUT2D eigenvalue weighted by Gasteiger charge is 2.44. The summed E-state index contributed by atoms with van der Waals surface area (Å²) in [5, 5.41) is 0.708. The highest BCUT2D eigenvalue weighted by atomic mass is 31.2. The van der Waals surface area contributed by atoms with E-state index in [1.807, 2.05) is 72.8 Å². The molecule has 0 amide bonds. The zero-order valence-corrected chi connectivity index (χ0v) is 49.1. The first-order chi connectivity index (χ1) is 42.3. The number of aryl methyl sites for hydroxylation is 4. The van der Waals surface area contributed by atoms with Gasteiger partial charge in [-0.25, -0.2) is 9.13 Å². The van der Waals surface area contributed by atoms with Crippen LogP contribution in [0.5, 0.6) is 46.0 Å². The van der Waals surface area contributed by atoms with Gasteiger partial charge in [-0.3, -0.25) is 0 Å². The van der Waals surface area contributed by atoms with Gasteiger partial charge in [0.15, 0.2) is 0 Å². The molecule has 0 aromatic heterocycles. The van der Waals surface area contributed by atoms with Gasteiger partial charge in [-0.2, -0.15) is 0 Å². The highest BCUT2D eigenvalue weighted by Crippen LogP contribution is 2.62. The molecule has 0 fully saturated rings. The van der Waals surface area contributed by atoms with Gasteiger partial charge in [0.25, 0.3) is 0 Å². The maximum absolute atomic E-state index is 16.4. The molecule has 6 unspecified atom stereocenters. The van der Waals surface area contributed by atoms with Crippen molar-refractivity contribution in [1.29, 1.82) is 0 Å². The third kappa shape index (κ3) is 10.4. The van der Waals surface area contributed by atoms with E-state index in [-0.39, 0.29) is 36.9 Å². The maximum Gasteiger partial charge on any atom is 0.462 e. The normalized spacial score (nSPS) is 20.8. The van der Waals surface area contributed by atoms with Gasteiger partial charge in [0.05, 0.1) is 10.6 Å². The van der Waals surface area contributed by atoms with Gasteiger partial charge in [0, 0.05) is 92.4 Å². The molecule has 1 aliphatic carbocycles. The second kappa shape index (κ2) is 22.8. The summed E-state index contributed by atoms with van der Waals surface area (Å²) in [6, 6.07) is 77.0. The predicted molar refractivity (Wildman–Crippen MR) is 334 cm³/mol. The lowest BCUT2D eigenvalue weighted by molar-refractivity contribution is 0.106. The van der Waals surface area contributed by atoms with Crippen LogP contribution in [0.15, 0.2) is 231 Å². The van der Waals surface area contributed by atoms with E-state index in [4.69, 9.17) is 37.0 Å². The Morgan fingerprint density at radius 1 is 0.267 bits per heavy atom. The lowest BCUT2D eigenvalue weighted by Crippen LogP contribution is -2.23. The van der Waals surface area contributed by atoms with Crippen molar-refractivity contribution in [2.75, 3.05) is 13.6 Å². The van der Waals surface area contributed by atoms with Crippen LogP contribution in [-0.2, 0) is 34.8 Å². The second-order valence-corrected chi connectivity index (χ2v) is 26.6. The minimum Gasteiger partial charge on any atom is -0.457 e. The summed E-state index contributed by atoms with van der Waals surface area (Å²) in [7, 11) is -8.72. The Hall–Kier alpha value is -8.94. The zero-order chi connectivity index (χ0) is 57.6. The van der Waals surface area contributed by atoms with E-state index in [9.17, 15) is 0 Å². The van der Waals surface area contributed by atoms with Crippen LogP contribution < -0.4 is 47.7 Å². The molecule has 12 heteroatoms. The molecule has 15 rings (SSSR count). The van der Waals surface area contributed by atoms with Crippen molar-refractivity contribution >= 4 is 25.8 Å². The topological polar surface area (TPSA) is 108 Å². The minimum atomic E-state index is -4.36. The van der Waals surface area contributed by atoms with Gasteiger partial charge in [0.1, 0.15) is 46.0 Å². The molecular formula is C74H62O10P2. The Kier molecular flexibility index (Phi) is 14.3. The van der Waals surface area contributed by atoms with Gasteiger partial charge in [0.2, 0.25) is 13.6 Å². The molecule has 4 aliphatic heterocycles. The van der Waals surface area contributed by atoms with Crippen LogP contribution in [0.2, 0.25) is 0 Å². The molecule has 86 heavy (non-hydrogen) atoms. The van der Waals surface area contributed by atoms with Gasteiger partial charge in [-0.05, 0) is 122 Å². The standard InChI is InChI=1S/C74H62O10P2/c75-85(53-27-15-5-16-28-53)81-71-44-69-61-40-63(71)57(37-33-51-23-11-3-12-24-51)65-42-66-58(38-34-52-25-13-4-14-26-52)64-41-62-56(36-32-50-21-9-2-10-22-50)60-39-59(55(61)35-31-49-19-7-1-8-20-49)67(77-47-79-69)43-68(60)78-48-80-70(62)45-72(64)82-86(76,54-29-17-6-18-30-54)84-74(66)46-73(65)83-85/h1-30,39-46,55-58H,31-38,47-48H2. The Labute approximate surface area is 501 Å². The highest BCUT2D eigenvalue weighted by molar-refractivity contribution is 7.63. The molecule has 10 aromatic rings. The number of rotatable bonds is 14. The Bertz CT molecular complexity index is 3960. The molecular weight excluding hydrogens is 1110 g/mol. The molecule has 428 valence electrons. The molecule has 10 nitrogen and oxygen atoms in total. The van der Waals surface area contributed by atoms with Crippen LogP contribution in [0.4, 0.5) is 0 Å². The van der Waals surface area contributed by atoms with Gasteiger partial charge >= 0.3 is 15.2 Å². The van der Waals surface area contributed by atoms with E-state index < -0.39 is 27.0 Å². The van der Waals surface area contributed by atoms with Crippen LogP contribution in [0.3, 0.4) is 0 Å². The van der Waals surface area contributed by atoms with Crippen molar-refractivity contribution in [1.82, 2.24) is 0 Å². The maximum atomic E-state index is 16.4. The van der Waals surface area contributed by atoms with Crippen molar-refractivity contribution < 1.29 is 46.2 Å². The van der Waals surface area contributed by atoms with Crippen molar-refractivity contribution in [3.8, 4) is 46.0 Å². The summed E-state index contributed by atoms with van der Waals surface area (Å²) >= 11 is 0. The third-order valence-electron chi connectivity index (χ3n) is 17.7. The van der Waals surface area contributed by atoms with E-state index in [0.29, 0.717) is 83.6 Å². The number of hydrogen-bond donors (Lipinski definition) is 0. The molecule has 0 N–H and O–H groups in total. The number of hydrogen-bond acceptors (Lipinski definition) is 10. The van der Waals surface area contributed by atoms with E-state index >= 15 is 9.13 Å². The summed E-state index contributed by atoms with van der Waals surface area (Å²) < 4.78 is 88.4. The number of benzene rings is 10. The van der Waals surface area contributed by atoms with Gasteiger partial charge in [-0.1, -0.05) is 158 Å². The molecule has 0 saturated heterocycles. The molecule has 0 spiro atoms. The van der Waals surface area contributed by atoms with Gasteiger partial charge < -0.3 is 37.0 Å². The summed E-state index contributed by atoms with van der Waals surface area (Å²) in [5.41, 5.74) is 11.8. The smallest absolute Gasteiger partial charge is 0.457 e. The SMILES string of the molecule is O=P1(c2ccccc2)Oc2cc3c4cc2C(CCc2ccccc2)c2cc5c(cc2O1)OP(=O)(c1ccccc1)Oc1cc2c(cc1C5CCc1ccccc1)C(CCc1ccccc1)c1cc(c(cc1OCO2)OCO3)C4CCc1ccccc1. The Morgan fingerprint density at radius 3 is 0.733 bits per heavy atom. The monoisotopic (exact) mass is 1170 g/mol. The average molecular weight is 1170 g/mol. The summed E-state index contributed by atoms with van der Waals surface area (Å²) in [6.45, 7) is -0.245. The summed E-state index contributed by atoms with van der Waals surface area (Å²) in [4.78, 5) is 0. The second-order valence-electron chi connectivity index (χ2n) is 22.9. The molecule has 0 saturated carbocycles. The van der Waals surface area contributed by atoms with E-state index in [1.165, 1.54) is 11.1 Å². The molecule has 8 bridgehead atoms. The summed E-state index contributed by atoms with van der Waals surface area (Å²) in [5.74, 6) is 2.27. The van der Waals surface area contributed by atoms with E-state index in [2.05, 4.69) is 133 Å². The summed E-state index contributed by atoms with van der Waals surface area (Å²) in [6.07, 6.45) is 5.39. The van der Waals surface area contributed by atoms with Crippen LogP contribution in [0, 0.1) is 0 Å². The zero-order valence-electron chi connectivity index (χ0n) is 47.3. The van der Waals surface area contributed by atoms with Crippen molar-refractivity contribution in [2.24, 2.45) is 0 Å². The fraction of sp³-hybridized carbons (Fsp3) is 0.189. The lowest BCUT2D eigenvalue weighted by atomic mass is 9.76. The molecule has 4 heterocycles. The van der Waals surface area contributed by atoms with Gasteiger partial charge in [-0.15, -0.1) is 0 Å². The Morgan fingerprint density at radius 2 is 0.477 bits per heavy atom. The van der Waals surface area contributed by atoms with Crippen LogP contribution >= 0.6 is 15.2 Å². The lowest BCUT2D eigenvalue weighted by Gasteiger charge is -2.36. The first-order valence-corrected chi connectivity index (χ1v) is 32.9. The van der Waals surface area contributed by atoms with Crippen molar-refractivity contribution in [3.63, 3.8) is 0 Å². The van der Waals surface area contributed by atoms with E-state index in [1.54, 1.807) is 24.3 Å². The molecule has 5 aliphatic rings. The molecule has 0 radical (unpaired) electrons. The fourth-order valence-electron chi connectivity index (χ4n) is 13.4. The van der Waals surface area contributed by atoms with Crippen molar-refractivity contribution in [2.45, 2.75) is 75.0 Å². The van der Waals surface area contributed by atoms with E-state index in [0.717, 1.165) is 68.5 Å².